The van der Waals surface area contributed by atoms with E-state index in [-0.39, 0.29) is 16.5 Å². The highest BCUT2D eigenvalue weighted by atomic mass is 35.5. The van der Waals surface area contributed by atoms with Crippen molar-refractivity contribution in [1.82, 2.24) is 19.0 Å². The Morgan fingerprint density at radius 3 is 2.43 bits per heavy atom. The number of piperazine rings is 1. The van der Waals surface area contributed by atoms with Gasteiger partial charge in [0.25, 0.3) is 15.9 Å². The molecule has 1 amide bonds. The third-order valence-electron chi connectivity index (χ3n) is 6.23. The summed E-state index contributed by atoms with van der Waals surface area (Å²) in [6.45, 7) is 6.32. The van der Waals surface area contributed by atoms with Crippen molar-refractivity contribution in [3.05, 3.63) is 76.4 Å². The van der Waals surface area contributed by atoms with Gasteiger partial charge in [0.05, 0.1) is 5.56 Å². The molecule has 0 N–H and O–H groups in total. The molecule has 3 aromatic rings. The third-order valence-corrected chi connectivity index (χ3v) is 8.30. The average Bonchev–Trinajstić information content (AvgIpc) is 3.31. The maximum Gasteiger partial charge on any atom is 0.263 e. The van der Waals surface area contributed by atoms with Crippen LogP contribution >= 0.6 is 11.6 Å². The minimum atomic E-state index is -3.96. The largest absolute Gasteiger partial charge is 0.369 e. The molecule has 2 aromatic carbocycles. The van der Waals surface area contributed by atoms with Crippen LogP contribution in [0.4, 0.5) is 5.69 Å². The van der Waals surface area contributed by atoms with E-state index in [0.717, 1.165) is 16.8 Å². The Hall–Kier alpha value is -2.88. The normalized spacial score (nSPS) is 14.8. The van der Waals surface area contributed by atoms with Gasteiger partial charge in [-0.2, -0.15) is 9.40 Å². The number of aromatic nitrogens is 2. The molecule has 10 heteroatoms. The van der Waals surface area contributed by atoms with Crippen LogP contribution in [-0.4, -0.2) is 66.5 Å². The zero-order valence-corrected chi connectivity index (χ0v) is 21.8. The molecular weight excluding hydrogens is 486 g/mol. The maximum atomic E-state index is 13.6. The zero-order chi connectivity index (χ0) is 25.2. The number of anilines is 1. The summed E-state index contributed by atoms with van der Waals surface area (Å²) >= 11 is 6.18. The number of rotatable bonds is 7. The molecule has 0 radical (unpaired) electrons. The SMILES string of the molecule is CCn1cc(C(=O)N(C)Cc2ccccc2)c(S(=O)(=O)N2CCN(c3cc(Cl)ccc3C)CC2)n1. The summed E-state index contributed by atoms with van der Waals surface area (Å²) in [6, 6.07) is 15.3. The van der Waals surface area contributed by atoms with E-state index >= 15 is 0 Å². The summed E-state index contributed by atoms with van der Waals surface area (Å²) in [5, 5.41) is 4.76. The second-order valence-corrected chi connectivity index (χ2v) is 11.0. The number of nitrogens with zero attached hydrogens (tertiary/aromatic N) is 5. The lowest BCUT2D eigenvalue weighted by molar-refractivity contribution is 0.0781. The van der Waals surface area contributed by atoms with Gasteiger partial charge in [-0.05, 0) is 37.1 Å². The van der Waals surface area contributed by atoms with Gasteiger partial charge in [0.1, 0.15) is 0 Å². The van der Waals surface area contributed by atoms with Crippen LogP contribution < -0.4 is 4.90 Å². The van der Waals surface area contributed by atoms with Gasteiger partial charge in [-0.3, -0.25) is 9.48 Å². The monoisotopic (exact) mass is 515 g/mol. The second kappa shape index (κ2) is 10.4. The van der Waals surface area contributed by atoms with E-state index in [2.05, 4.69) is 10.00 Å². The van der Waals surface area contributed by atoms with Crippen molar-refractivity contribution in [3.63, 3.8) is 0 Å². The van der Waals surface area contributed by atoms with Crippen molar-refractivity contribution in [2.75, 3.05) is 38.1 Å². The first kappa shape index (κ1) is 25.2. The standard InChI is InChI=1S/C25H30ClN5O3S/c1-4-30-18-22(25(32)28(3)17-20-8-6-5-7-9-20)24(27-30)35(33,34)31-14-12-29(13-15-31)23-16-21(26)11-10-19(23)2/h5-11,16,18H,4,12-15,17H2,1-3H3. The maximum absolute atomic E-state index is 13.6. The lowest BCUT2D eigenvalue weighted by Crippen LogP contribution is -2.49. The first-order valence-electron chi connectivity index (χ1n) is 11.6. The molecule has 1 aromatic heterocycles. The van der Waals surface area contributed by atoms with Crippen molar-refractivity contribution in [2.45, 2.75) is 32.0 Å². The van der Waals surface area contributed by atoms with Gasteiger partial charge in [-0.25, -0.2) is 8.42 Å². The van der Waals surface area contributed by atoms with E-state index in [1.807, 2.05) is 62.4 Å². The fourth-order valence-electron chi connectivity index (χ4n) is 4.25. The molecule has 4 rings (SSSR count). The van der Waals surface area contributed by atoms with Crippen LogP contribution in [0.25, 0.3) is 0 Å². The molecule has 1 saturated heterocycles. The summed E-state index contributed by atoms with van der Waals surface area (Å²) < 4.78 is 30.2. The highest BCUT2D eigenvalue weighted by Gasteiger charge is 2.35. The number of amides is 1. The Labute approximate surface area is 211 Å². The van der Waals surface area contributed by atoms with E-state index in [1.54, 1.807) is 7.05 Å². The molecule has 0 unspecified atom stereocenters. The van der Waals surface area contributed by atoms with Crippen LogP contribution in [0.3, 0.4) is 0 Å². The molecule has 2 heterocycles. The van der Waals surface area contributed by atoms with Crippen LogP contribution in [0.1, 0.15) is 28.4 Å². The fraction of sp³-hybridized carbons (Fsp3) is 0.360. The van der Waals surface area contributed by atoms with Gasteiger partial charge in [0.2, 0.25) is 5.03 Å². The number of aryl methyl sites for hydroxylation is 2. The van der Waals surface area contributed by atoms with Gasteiger partial charge in [-0.15, -0.1) is 0 Å². The molecule has 0 atom stereocenters. The molecule has 1 aliphatic heterocycles. The summed E-state index contributed by atoms with van der Waals surface area (Å²) in [6.07, 6.45) is 1.53. The first-order valence-corrected chi connectivity index (χ1v) is 13.4. The molecule has 0 spiro atoms. The number of carbonyl (C=O) groups is 1. The minimum absolute atomic E-state index is 0.0957. The number of halogens is 1. The van der Waals surface area contributed by atoms with Crippen LogP contribution in [0.5, 0.6) is 0 Å². The summed E-state index contributed by atoms with van der Waals surface area (Å²) in [4.78, 5) is 17.0. The molecule has 0 saturated carbocycles. The number of sulfonamides is 1. The first-order chi connectivity index (χ1) is 16.7. The van der Waals surface area contributed by atoms with Crippen LogP contribution in [-0.2, 0) is 23.1 Å². The van der Waals surface area contributed by atoms with Gasteiger partial charge >= 0.3 is 0 Å². The smallest absolute Gasteiger partial charge is 0.263 e. The fourth-order valence-corrected chi connectivity index (χ4v) is 5.93. The number of hydrogen-bond acceptors (Lipinski definition) is 5. The summed E-state index contributed by atoms with van der Waals surface area (Å²) in [7, 11) is -2.29. The molecular formula is C25H30ClN5O3S. The molecule has 1 fully saturated rings. The highest BCUT2D eigenvalue weighted by molar-refractivity contribution is 7.89. The van der Waals surface area contributed by atoms with Crippen molar-refractivity contribution in [1.29, 1.82) is 0 Å². The van der Waals surface area contributed by atoms with Gasteiger partial charge in [-0.1, -0.05) is 48.0 Å². The average molecular weight is 516 g/mol. The van der Waals surface area contributed by atoms with Crippen molar-refractivity contribution in [2.24, 2.45) is 0 Å². The second-order valence-electron chi connectivity index (χ2n) is 8.67. The van der Waals surface area contributed by atoms with Gasteiger partial charge in [0.15, 0.2) is 0 Å². The number of hydrogen-bond donors (Lipinski definition) is 0. The quantitative estimate of drug-likeness (QED) is 0.480. The number of benzene rings is 2. The van der Waals surface area contributed by atoms with Crippen molar-refractivity contribution in [3.8, 4) is 0 Å². The lowest BCUT2D eigenvalue weighted by atomic mass is 10.1. The Balaban J connectivity index is 1.55. The molecule has 0 bridgehead atoms. The van der Waals surface area contributed by atoms with E-state index in [9.17, 15) is 13.2 Å². The van der Waals surface area contributed by atoms with Crippen LogP contribution in [0.2, 0.25) is 5.02 Å². The predicted octanol–water partition coefficient (Wildman–Crippen LogP) is 3.65. The lowest BCUT2D eigenvalue weighted by Gasteiger charge is -2.36. The minimum Gasteiger partial charge on any atom is -0.369 e. The van der Waals surface area contributed by atoms with Crippen LogP contribution in [0.15, 0.2) is 59.8 Å². The zero-order valence-electron chi connectivity index (χ0n) is 20.2. The van der Waals surface area contributed by atoms with E-state index in [4.69, 9.17) is 11.6 Å². The summed E-state index contributed by atoms with van der Waals surface area (Å²) in [5.74, 6) is -0.375. The van der Waals surface area contributed by atoms with E-state index in [1.165, 1.54) is 20.1 Å². The number of carbonyl (C=O) groups excluding carboxylic acids is 1. The molecule has 0 aliphatic carbocycles. The third kappa shape index (κ3) is 5.37. The van der Waals surface area contributed by atoms with Gasteiger partial charge in [0, 0.05) is 63.2 Å². The topological polar surface area (TPSA) is 78.8 Å². The molecule has 186 valence electrons. The highest BCUT2D eigenvalue weighted by Crippen LogP contribution is 2.27. The van der Waals surface area contributed by atoms with Crippen LogP contribution in [0, 0.1) is 6.92 Å². The predicted molar refractivity (Wildman–Crippen MR) is 137 cm³/mol. The van der Waals surface area contributed by atoms with E-state index < -0.39 is 10.0 Å². The molecule has 1 aliphatic rings. The molecule has 35 heavy (non-hydrogen) atoms. The summed E-state index contributed by atoms with van der Waals surface area (Å²) in [5.41, 5.74) is 3.14. The van der Waals surface area contributed by atoms with E-state index in [0.29, 0.717) is 44.3 Å². The Morgan fingerprint density at radius 1 is 1.09 bits per heavy atom. The molecule has 8 nitrogen and oxygen atoms in total. The van der Waals surface area contributed by atoms with Crippen molar-refractivity contribution < 1.29 is 13.2 Å². The Kier molecular flexibility index (Phi) is 7.49. The Bertz CT molecular complexity index is 1300. The Morgan fingerprint density at radius 2 is 1.77 bits per heavy atom. The van der Waals surface area contributed by atoms with Gasteiger partial charge < -0.3 is 9.80 Å². The van der Waals surface area contributed by atoms with Crippen molar-refractivity contribution >= 4 is 33.2 Å².